The van der Waals surface area contributed by atoms with Crippen LogP contribution in [0.1, 0.15) is 43.6 Å². The molecule has 0 radical (unpaired) electrons. The fourth-order valence-electron chi connectivity index (χ4n) is 2.53. The lowest BCUT2D eigenvalue weighted by Gasteiger charge is -2.30. The summed E-state index contributed by atoms with van der Waals surface area (Å²) >= 11 is 3.87. The van der Waals surface area contributed by atoms with Crippen molar-refractivity contribution in [2.45, 2.75) is 41.8 Å². The van der Waals surface area contributed by atoms with E-state index < -0.39 is 0 Å². The van der Waals surface area contributed by atoms with Gasteiger partial charge in [-0.15, -0.1) is 23.1 Å². The van der Waals surface area contributed by atoms with Crippen molar-refractivity contribution in [1.29, 1.82) is 0 Å². The summed E-state index contributed by atoms with van der Waals surface area (Å²) in [4.78, 5) is 4.44. The lowest BCUT2D eigenvalue weighted by molar-refractivity contribution is 0.430. The molecular formula is C15H18N2S2. The number of fused-ring (bicyclic) bond motifs is 1. The molecule has 0 aliphatic carbocycles. The van der Waals surface area contributed by atoms with E-state index in [1.54, 1.807) is 0 Å². The van der Waals surface area contributed by atoms with Crippen LogP contribution in [-0.4, -0.2) is 10.2 Å². The monoisotopic (exact) mass is 290 g/mol. The lowest BCUT2D eigenvalue weighted by atomic mass is 10.0. The number of pyridine rings is 1. The highest BCUT2D eigenvalue weighted by Gasteiger charge is 2.27. The van der Waals surface area contributed by atoms with Crippen molar-refractivity contribution < 1.29 is 0 Å². The van der Waals surface area contributed by atoms with Crippen molar-refractivity contribution in [2.75, 3.05) is 0 Å². The molecule has 1 N–H and O–H groups in total. The summed E-state index contributed by atoms with van der Waals surface area (Å²) in [6.07, 6.45) is 3.05. The number of hydrogen-bond acceptors (Lipinski definition) is 4. The average molecular weight is 290 g/mol. The second-order valence-corrected chi connectivity index (χ2v) is 7.65. The molecule has 0 bridgehead atoms. The molecule has 19 heavy (non-hydrogen) atoms. The molecule has 3 atom stereocenters. The zero-order valence-electron chi connectivity index (χ0n) is 11.2. The highest BCUT2D eigenvalue weighted by molar-refractivity contribution is 8.01. The fourth-order valence-corrected chi connectivity index (χ4v) is 5.09. The van der Waals surface area contributed by atoms with E-state index in [9.17, 15) is 0 Å². The minimum atomic E-state index is 0.286. The number of hydrogen-bond donors (Lipinski definition) is 1. The summed E-state index contributed by atoms with van der Waals surface area (Å²) < 4.78 is 1.48. The Morgan fingerprint density at radius 2 is 2.26 bits per heavy atom. The van der Waals surface area contributed by atoms with Crippen LogP contribution in [0.3, 0.4) is 0 Å². The zero-order chi connectivity index (χ0) is 13.2. The van der Waals surface area contributed by atoms with E-state index in [0.717, 1.165) is 5.69 Å². The fraction of sp³-hybridized carbons (Fsp3) is 0.400. The van der Waals surface area contributed by atoms with Crippen LogP contribution in [0.5, 0.6) is 0 Å². The lowest BCUT2D eigenvalue weighted by Crippen LogP contribution is -2.29. The topological polar surface area (TPSA) is 24.9 Å². The molecule has 4 heteroatoms. The minimum Gasteiger partial charge on any atom is -0.302 e. The van der Waals surface area contributed by atoms with Crippen LogP contribution in [0.25, 0.3) is 0 Å². The first kappa shape index (κ1) is 13.2. The van der Waals surface area contributed by atoms with E-state index in [1.165, 1.54) is 16.2 Å². The molecule has 0 saturated carbocycles. The van der Waals surface area contributed by atoms with Crippen LogP contribution in [-0.2, 0) is 0 Å². The van der Waals surface area contributed by atoms with Gasteiger partial charge in [0, 0.05) is 23.5 Å². The summed E-state index contributed by atoms with van der Waals surface area (Å²) in [5, 5.41) is 6.62. The van der Waals surface area contributed by atoms with Gasteiger partial charge in [-0.05, 0) is 42.5 Å². The largest absolute Gasteiger partial charge is 0.302 e. The number of thiophene rings is 1. The van der Waals surface area contributed by atoms with Crippen LogP contribution >= 0.6 is 23.1 Å². The summed E-state index contributed by atoms with van der Waals surface area (Å²) in [7, 11) is 0. The van der Waals surface area contributed by atoms with Gasteiger partial charge in [-0.25, -0.2) is 0 Å². The summed E-state index contributed by atoms with van der Waals surface area (Å²) in [6.45, 7) is 4.51. The highest BCUT2D eigenvalue weighted by Crippen LogP contribution is 2.44. The highest BCUT2D eigenvalue weighted by atomic mass is 32.2. The third-order valence-electron chi connectivity index (χ3n) is 3.49. The molecule has 0 amide bonds. The van der Waals surface area contributed by atoms with Gasteiger partial charge in [-0.3, -0.25) is 4.98 Å². The van der Waals surface area contributed by atoms with E-state index in [0.29, 0.717) is 11.3 Å². The maximum absolute atomic E-state index is 4.44. The van der Waals surface area contributed by atoms with E-state index >= 15 is 0 Å². The Morgan fingerprint density at radius 1 is 1.37 bits per heavy atom. The van der Waals surface area contributed by atoms with Crippen molar-refractivity contribution in [2.24, 2.45) is 0 Å². The van der Waals surface area contributed by atoms with E-state index in [1.807, 2.05) is 35.4 Å². The van der Waals surface area contributed by atoms with Crippen LogP contribution in [0.15, 0.2) is 40.1 Å². The predicted octanol–water partition coefficient (Wildman–Crippen LogP) is 4.42. The van der Waals surface area contributed by atoms with E-state index in [2.05, 4.69) is 47.7 Å². The molecule has 0 saturated heterocycles. The number of nitrogens with zero attached hydrogens (tertiary/aromatic N) is 1. The van der Waals surface area contributed by atoms with Gasteiger partial charge in [-0.2, -0.15) is 0 Å². The summed E-state index contributed by atoms with van der Waals surface area (Å²) in [5.74, 6) is 0. The first-order chi connectivity index (χ1) is 9.24. The van der Waals surface area contributed by atoms with Crippen molar-refractivity contribution in [1.82, 2.24) is 10.3 Å². The molecule has 2 aromatic heterocycles. The normalized spacial score (nSPS) is 23.9. The van der Waals surface area contributed by atoms with Gasteiger partial charge in [0.2, 0.25) is 0 Å². The van der Waals surface area contributed by atoms with Gasteiger partial charge in [0.1, 0.15) is 0 Å². The Hall–Kier alpha value is -0.840. The van der Waals surface area contributed by atoms with Gasteiger partial charge in [0.15, 0.2) is 0 Å². The van der Waals surface area contributed by atoms with Gasteiger partial charge in [0.05, 0.1) is 9.90 Å². The van der Waals surface area contributed by atoms with Crippen LogP contribution in [0.4, 0.5) is 0 Å². The molecule has 1 aliphatic rings. The smallest absolute Gasteiger partial charge is 0.0649 e. The van der Waals surface area contributed by atoms with Crippen molar-refractivity contribution in [3.05, 3.63) is 47.1 Å². The number of thioether (sulfide) groups is 1. The Balaban J connectivity index is 1.77. The quantitative estimate of drug-likeness (QED) is 0.906. The van der Waals surface area contributed by atoms with Gasteiger partial charge in [0.25, 0.3) is 0 Å². The predicted molar refractivity (Wildman–Crippen MR) is 82.8 cm³/mol. The second-order valence-electron chi connectivity index (χ2n) is 5.02. The van der Waals surface area contributed by atoms with Crippen LogP contribution in [0, 0.1) is 0 Å². The Kier molecular flexibility index (Phi) is 3.91. The number of aromatic nitrogens is 1. The Labute approximate surface area is 122 Å². The minimum absolute atomic E-state index is 0.286. The van der Waals surface area contributed by atoms with E-state index in [4.69, 9.17) is 0 Å². The molecule has 1 aliphatic heterocycles. The third kappa shape index (κ3) is 2.86. The first-order valence-electron chi connectivity index (χ1n) is 6.65. The molecule has 2 nitrogen and oxygen atoms in total. The summed E-state index contributed by atoms with van der Waals surface area (Å²) in [6, 6.07) is 9.11. The van der Waals surface area contributed by atoms with Crippen molar-refractivity contribution in [3.63, 3.8) is 0 Å². The maximum atomic E-state index is 4.44. The SMILES string of the molecule is C[C@H]1CC(N[C@H](C)c2ccccn2)c2ccsc2S1. The van der Waals surface area contributed by atoms with Crippen molar-refractivity contribution >= 4 is 23.1 Å². The van der Waals surface area contributed by atoms with Gasteiger partial charge in [-0.1, -0.05) is 13.0 Å². The average Bonchev–Trinajstić information content (AvgIpc) is 2.88. The van der Waals surface area contributed by atoms with Gasteiger partial charge >= 0.3 is 0 Å². The molecule has 2 aromatic rings. The molecule has 0 fully saturated rings. The standard InChI is InChI=1S/C15H18N2S2/c1-10-9-14(12-6-8-18-15(12)19-10)17-11(2)13-5-3-4-7-16-13/h3-8,10-11,14,17H,9H2,1-2H3/t10-,11+,14?/m0/s1. The number of rotatable bonds is 3. The Bertz CT molecular complexity index is 538. The molecule has 1 unspecified atom stereocenters. The number of nitrogens with one attached hydrogen (secondary N) is 1. The first-order valence-corrected chi connectivity index (χ1v) is 8.41. The molecule has 3 rings (SSSR count). The Morgan fingerprint density at radius 3 is 3.05 bits per heavy atom. The van der Waals surface area contributed by atoms with Gasteiger partial charge < -0.3 is 5.32 Å². The second kappa shape index (κ2) is 5.65. The van der Waals surface area contributed by atoms with E-state index in [-0.39, 0.29) is 6.04 Å². The zero-order valence-corrected chi connectivity index (χ0v) is 12.8. The van der Waals surface area contributed by atoms with Crippen LogP contribution < -0.4 is 5.32 Å². The molecular weight excluding hydrogens is 272 g/mol. The summed E-state index contributed by atoms with van der Waals surface area (Å²) in [5.41, 5.74) is 2.58. The van der Waals surface area contributed by atoms with Crippen molar-refractivity contribution in [3.8, 4) is 0 Å². The molecule has 0 aromatic carbocycles. The molecule has 0 spiro atoms. The third-order valence-corrected chi connectivity index (χ3v) is 5.84. The molecule has 3 heterocycles. The van der Waals surface area contributed by atoms with Crippen LogP contribution in [0.2, 0.25) is 0 Å². The molecule has 100 valence electrons. The maximum Gasteiger partial charge on any atom is 0.0649 e.